The summed E-state index contributed by atoms with van der Waals surface area (Å²) in [5.74, 6) is -1.33. The summed E-state index contributed by atoms with van der Waals surface area (Å²) in [6.45, 7) is 18.7. The first-order valence-electron chi connectivity index (χ1n) is 14.8. The standard InChI is InChI=1S/C30H48N4O5S/c1-7-10-31(6)27(36)24-23-18-21(5)30(40-23)25(24)28(37)34(22(19-35)20(4)9-3)26(30)29(38)33(11-8-2)13-12-32-14-16-39-17-15-32/h7-8,20-26,35H,1-2,9-19H2,3-6H3/t20-,21?,22-,23-,24+,25-,26?,30?/m0/s1. The molecule has 4 aliphatic heterocycles. The molecule has 8 atom stereocenters. The van der Waals surface area contributed by atoms with Gasteiger partial charge in [0.25, 0.3) is 0 Å². The molecular weight excluding hydrogens is 528 g/mol. The summed E-state index contributed by atoms with van der Waals surface area (Å²) in [6, 6.07) is -1.24. The number of hydrogen-bond donors (Lipinski definition) is 1. The normalized spacial score (nSPS) is 33.0. The maximum absolute atomic E-state index is 14.7. The number of ether oxygens (including phenoxy) is 1. The number of fused-ring (bicyclic) bond motifs is 1. The van der Waals surface area contributed by atoms with Crippen molar-refractivity contribution < 1.29 is 24.2 Å². The lowest BCUT2D eigenvalue weighted by molar-refractivity contribution is -0.148. The average Bonchev–Trinajstić information content (AvgIpc) is 3.55. The van der Waals surface area contributed by atoms with Crippen molar-refractivity contribution in [2.45, 2.75) is 55.7 Å². The van der Waals surface area contributed by atoms with Crippen LogP contribution in [0, 0.1) is 23.7 Å². The molecule has 1 spiro atoms. The van der Waals surface area contributed by atoms with Crippen molar-refractivity contribution in [1.82, 2.24) is 19.6 Å². The minimum Gasteiger partial charge on any atom is -0.394 e. The molecule has 0 aromatic heterocycles. The Morgan fingerprint density at radius 3 is 2.50 bits per heavy atom. The van der Waals surface area contributed by atoms with E-state index in [1.54, 1.807) is 40.8 Å². The van der Waals surface area contributed by atoms with Gasteiger partial charge >= 0.3 is 0 Å². The zero-order valence-electron chi connectivity index (χ0n) is 24.7. The number of likely N-dealkylation sites (tertiary alicyclic amines) is 1. The zero-order valence-corrected chi connectivity index (χ0v) is 25.5. The average molecular weight is 577 g/mol. The van der Waals surface area contributed by atoms with Crippen LogP contribution in [0.5, 0.6) is 0 Å². The van der Waals surface area contributed by atoms with E-state index in [9.17, 15) is 19.5 Å². The van der Waals surface area contributed by atoms with Gasteiger partial charge in [0.2, 0.25) is 17.7 Å². The molecule has 3 amide bonds. The van der Waals surface area contributed by atoms with Gasteiger partial charge in [-0.25, -0.2) is 0 Å². The molecular formula is C30H48N4O5S. The lowest BCUT2D eigenvalue weighted by atomic mass is 9.65. The monoisotopic (exact) mass is 576 g/mol. The Morgan fingerprint density at radius 1 is 1.23 bits per heavy atom. The fourth-order valence-corrected chi connectivity index (χ4v) is 9.83. The number of thioether (sulfide) groups is 1. The highest BCUT2D eigenvalue weighted by molar-refractivity contribution is 8.02. The highest BCUT2D eigenvalue weighted by Gasteiger charge is 2.77. The number of likely N-dealkylation sites (N-methyl/N-ethyl adjacent to an activating group) is 1. The van der Waals surface area contributed by atoms with Crippen LogP contribution in [0.1, 0.15) is 33.6 Å². The highest BCUT2D eigenvalue weighted by Crippen LogP contribution is 2.69. The van der Waals surface area contributed by atoms with E-state index in [2.05, 4.69) is 25.0 Å². The van der Waals surface area contributed by atoms with Crippen molar-refractivity contribution in [2.75, 3.05) is 66.1 Å². The predicted molar refractivity (Wildman–Crippen MR) is 158 cm³/mol. The largest absolute Gasteiger partial charge is 0.394 e. The first-order chi connectivity index (χ1) is 19.2. The van der Waals surface area contributed by atoms with Crippen LogP contribution in [0.25, 0.3) is 0 Å². The van der Waals surface area contributed by atoms with Crippen molar-refractivity contribution >= 4 is 29.5 Å². The number of amides is 3. The van der Waals surface area contributed by atoms with Gasteiger partial charge in [-0.3, -0.25) is 19.3 Å². The van der Waals surface area contributed by atoms with Crippen LogP contribution in [-0.2, 0) is 19.1 Å². The third-order valence-electron chi connectivity index (χ3n) is 9.78. The molecule has 224 valence electrons. The molecule has 10 heteroatoms. The molecule has 0 radical (unpaired) electrons. The summed E-state index contributed by atoms with van der Waals surface area (Å²) in [4.78, 5) is 50.5. The van der Waals surface area contributed by atoms with Gasteiger partial charge < -0.3 is 24.5 Å². The van der Waals surface area contributed by atoms with Gasteiger partial charge in [-0.15, -0.1) is 24.9 Å². The van der Waals surface area contributed by atoms with E-state index in [1.807, 2.05) is 18.7 Å². The number of carbonyl (C=O) groups is 3. The molecule has 1 N–H and O–H groups in total. The molecule has 4 heterocycles. The molecule has 4 rings (SSSR count). The minimum absolute atomic E-state index is 0.00391. The maximum Gasteiger partial charge on any atom is 0.247 e. The number of aliphatic hydroxyl groups is 1. The Balaban J connectivity index is 1.74. The molecule has 9 nitrogen and oxygen atoms in total. The molecule has 0 aliphatic carbocycles. The summed E-state index contributed by atoms with van der Waals surface area (Å²) in [5, 5.41) is 10.6. The van der Waals surface area contributed by atoms with E-state index in [1.165, 1.54) is 0 Å². The van der Waals surface area contributed by atoms with Crippen molar-refractivity contribution in [3.05, 3.63) is 25.3 Å². The number of rotatable bonds is 13. The van der Waals surface area contributed by atoms with Crippen LogP contribution in [0.4, 0.5) is 0 Å². The van der Waals surface area contributed by atoms with Crippen molar-refractivity contribution in [3.63, 3.8) is 0 Å². The summed E-state index contributed by atoms with van der Waals surface area (Å²) in [5.41, 5.74) is 0. The maximum atomic E-state index is 14.7. The van der Waals surface area contributed by atoms with E-state index >= 15 is 0 Å². The van der Waals surface area contributed by atoms with E-state index < -0.39 is 28.7 Å². The van der Waals surface area contributed by atoms with Crippen LogP contribution >= 0.6 is 11.8 Å². The molecule has 4 fully saturated rings. The second kappa shape index (κ2) is 13.0. The van der Waals surface area contributed by atoms with Crippen LogP contribution in [0.2, 0.25) is 0 Å². The quantitative estimate of drug-likeness (QED) is 0.334. The van der Waals surface area contributed by atoms with Crippen molar-refractivity contribution in [2.24, 2.45) is 23.7 Å². The third kappa shape index (κ3) is 5.25. The smallest absolute Gasteiger partial charge is 0.247 e. The molecule has 0 aromatic carbocycles. The van der Waals surface area contributed by atoms with E-state index in [4.69, 9.17) is 4.74 Å². The van der Waals surface area contributed by atoms with E-state index in [0.29, 0.717) is 39.4 Å². The van der Waals surface area contributed by atoms with E-state index in [0.717, 1.165) is 25.9 Å². The molecule has 4 saturated heterocycles. The molecule has 2 bridgehead atoms. The Kier molecular flexibility index (Phi) is 10.1. The number of hydrogen-bond acceptors (Lipinski definition) is 7. The molecule has 0 aromatic rings. The number of aliphatic hydroxyl groups excluding tert-OH is 1. The predicted octanol–water partition coefficient (Wildman–Crippen LogP) is 1.72. The lowest BCUT2D eigenvalue weighted by Crippen LogP contribution is -2.60. The van der Waals surface area contributed by atoms with Gasteiger partial charge in [-0.1, -0.05) is 39.3 Å². The fraction of sp³-hybridized carbons (Fsp3) is 0.767. The highest BCUT2D eigenvalue weighted by atomic mass is 32.2. The van der Waals surface area contributed by atoms with Crippen LogP contribution < -0.4 is 0 Å². The summed E-state index contributed by atoms with van der Waals surface area (Å²) >= 11 is 1.68. The molecule has 3 unspecified atom stereocenters. The second-order valence-electron chi connectivity index (χ2n) is 12.0. The summed E-state index contributed by atoms with van der Waals surface area (Å²) < 4.78 is 4.77. The number of nitrogens with zero attached hydrogens (tertiary/aromatic N) is 4. The topological polar surface area (TPSA) is 93.6 Å². The Hall–Kier alpha value is -1.88. The van der Waals surface area contributed by atoms with Gasteiger partial charge in [-0.05, 0) is 18.3 Å². The van der Waals surface area contributed by atoms with Crippen molar-refractivity contribution in [1.29, 1.82) is 0 Å². The third-order valence-corrected chi connectivity index (χ3v) is 11.9. The molecule has 4 aliphatic rings. The number of morpholine rings is 1. The molecule has 0 saturated carbocycles. The Bertz CT molecular complexity index is 974. The van der Waals surface area contributed by atoms with Crippen LogP contribution in [0.3, 0.4) is 0 Å². The van der Waals surface area contributed by atoms with E-state index in [-0.39, 0.29) is 41.4 Å². The zero-order chi connectivity index (χ0) is 29.2. The van der Waals surface area contributed by atoms with Gasteiger partial charge in [-0.2, -0.15) is 0 Å². The Labute approximate surface area is 243 Å². The van der Waals surface area contributed by atoms with Gasteiger partial charge in [0, 0.05) is 51.6 Å². The van der Waals surface area contributed by atoms with Crippen LogP contribution in [-0.4, -0.2) is 131 Å². The van der Waals surface area contributed by atoms with Crippen molar-refractivity contribution in [3.8, 4) is 0 Å². The second-order valence-corrected chi connectivity index (χ2v) is 13.5. The first-order valence-corrected chi connectivity index (χ1v) is 15.7. The van der Waals surface area contributed by atoms with Gasteiger partial charge in [0.05, 0.1) is 42.4 Å². The van der Waals surface area contributed by atoms with Crippen LogP contribution in [0.15, 0.2) is 25.3 Å². The summed E-state index contributed by atoms with van der Waals surface area (Å²) in [6.07, 6.45) is 4.98. The molecule has 40 heavy (non-hydrogen) atoms. The number of carbonyl (C=O) groups excluding carboxylic acids is 3. The lowest BCUT2D eigenvalue weighted by Gasteiger charge is -2.43. The SMILES string of the molecule is C=CCN(C)C(=O)[C@@H]1[C@@H]2CC(C)C3(S2)C(C(=O)N(CC=C)CCN2CCOCC2)N([C@@H](CO)[C@@H](C)CC)C(=O)[C@H]13. The van der Waals surface area contributed by atoms with Gasteiger partial charge in [0.15, 0.2) is 0 Å². The van der Waals surface area contributed by atoms with Gasteiger partial charge in [0.1, 0.15) is 6.04 Å². The minimum atomic E-state index is -0.742. The fourth-order valence-electron chi connectivity index (χ4n) is 7.44. The Morgan fingerprint density at radius 2 is 1.90 bits per heavy atom. The summed E-state index contributed by atoms with van der Waals surface area (Å²) in [7, 11) is 1.75. The first kappa shape index (κ1) is 31.1.